The highest BCUT2D eigenvalue weighted by Crippen LogP contribution is 2.25. The monoisotopic (exact) mass is 443 g/mol. The molecule has 0 radical (unpaired) electrons. The fourth-order valence-electron chi connectivity index (χ4n) is 3.62. The molecule has 4 aromatic rings. The maximum absolute atomic E-state index is 13.6. The van der Waals surface area contributed by atoms with E-state index in [9.17, 15) is 9.50 Å². The molecule has 1 unspecified atom stereocenters. The Morgan fingerprint density at radius 3 is 2.52 bits per heavy atom. The molecule has 2 aromatic carbocycles. The maximum atomic E-state index is 13.6. The van der Waals surface area contributed by atoms with Gasteiger partial charge in [0.05, 0.1) is 12.3 Å². The van der Waals surface area contributed by atoms with Crippen LogP contribution in [0.25, 0.3) is 11.3 Å². The van der Waals surface area contributed by atoms with Crippen molar-refractivity contribution in [3.05, 3.63) is 95.9 Å². The fourth-order valence-corrected chi connectivity index (χ4v) is 3.62. The third kappa shape index (κ3) is 5.70. The molecule has 2 aromatic heterocycles. The third-order valence-corrected chi connectivity index (χ3v) is 5.27. The zero-order valence-corrected chi connectivity index (χ0v) is 18.6. The molecule has 33 heavy (non-hydrogen) atoms. The molecule has 0 saturated heterocycles. The van der Waals surface area contributed by atoms with E-state index in [1.54, 1.807) is 12.3 Å². The van der Waals surface area contributed by atoms with Gasteiger partial charge in [0.25, 0.3) is 0 Å². The lowest BCUT2D eigenvalue weighted by Crippen LogP contribution is -2.21. The number of hydrogen-bond acceptors (Lipinski definition) is 6. The van der Waals surface area contributed by atoms with Gasteiger partial charge in [0, 0.05) is 24.8 Å². The highest BCUT2D eigenvalue weighted by atomic mass is 19.1. The summed E-state index contributed by atoms with van der Waals surface area (Å²) < 4.78 is 13.6. The van der Waals surface area contributed by atoms with E-state index in [-0.39, 0.29) is 18.5 Å². The van der Waals surface area contributed by atoms with Crippen LogP contribution in [0.4, 0.5) is 22.0 Å². The quantitative estimate of drug-likeness (QED) is 0.400. The molecule has 168 valence electrons. The van der Waals surface area contributed by atoms with Crippen molar-refractivity contribution >= 4 is 17.6 Å². The van der Waals surface area contributed by atoms with Gasteiger partial charge in [0.2, 0.25) is 5.95 Å². The summed E-state index contributed by atoms with van der Waals surface area (Å²) in [6.45, 7) is 2.09. The SMILES string of the molecule is CC(Cc1cccc(CO)c1)Nc1nccc(N(C)c2cccc(-c3cccc(F)c3)n2)n1. The van der Waals surface area contributed by atoms with Crippen molar-refractivity contribution in [2.45, 2.75) is 26.0 Å². The summed E-state index contributed by atoms with van der Waals surface area (Å²) in [5.74, 6) is 1.60. The van der Waals surface area contributed by atoms with E-state index in [1.165, 1.54) is 12.1 Å². The molecule has 2 heterocycles. The maximum Gasteiger partial charge on any atom is 0.224 e. The van der Waals surface area contributed by atoms with E-state index in [1.807, 2.05) is 66.5 Å². The van der Waals surface area contributed by atoms with Crippen LogP contribution >= 0.6 is 0 Å². The van der Waals surface area contributed by atoms with E-state index in [0.29, 0.717) is 23.3 Å². The van der Waals surface area contributed by atoms with Gasteiger partial charge in [-0.3, -0.25) is 0 Å². The fraction of sp³-hybridized carbons (Fsp3) is 0.192. The number of hydrogen-bond donors (Lipinski definition) is 2. The third-order valence-electron chi connectivity index (χ3n) is 5.27. The van der Waals surface area contributed by atoms with Gasteiger partial charge in [-0.1, -0.05) is 42.5 Å². The molecular formula is C26H26FN5O. The topological polar surface area (TPSA) is 74.2 Å². The van der Waals surface area contributed by atoms with Gasteiger partial charge >= 0.3 is 0 Å². The normalized spacial score (nSPS) is 11.8. The second kappa shape index (κ2) is 10.2. The van der Waals surface area contributed by atoms with Crippen LogP contribution in [0.3, 0.4) is 0 Å². The number of halogens is 1. The molecule has 0 spiro atoms. The molecule has 4 rings (SSSR count). The van der Waals surface area contributed by atoms with Crippen LogP contribution in [0.5, 0.6) is 0 Å². The van der Waals surface area contributed by atoms with Crippen LogP contribution in [0.15, 0.2) is 79.0 Å². The Morgan fingerprint density at radius 2 is 1.70 bits per heavy atom. The summed E-state index contributed by atoms with van der Waals surface area (Å²) in [5, 5.41) is 12.7. The summed E-state index contributed by atoms with van der Waals surface area (Å²) in [4.78, 5) is 15.5. The Morgan fingerprint density at radius 1 is 0.939 bits per heavy atom. The summed E-state index contributed by atoms with van der Waals surface area (Å²) in [7, 11) is 1.88. The van der Waals surface area contributed by atoms with Crippen LogP contribution in [-0.2, 0) is 13.0 Å². The number of aromatic nitrogens is 3. The average molecular weight is 444 g/mol. The van der Waals surface area contributed by atoms with Crippen molar-refractivity contribution in [1.29, 1.82) is 0 Å². The van der Waals surface area contributed by atoms with Gasteiger partial charge in [-0.15, -0.1) is 0 Å². The van der Waals surface area contributed by atoms with E-state index in [0.717, 1.165) is 23.1 Å². The van der Waals surface area contributed by atoms with Gasteiger partial charge < -0.3 is 15.3 Å². The highest BCUT2D eigenvalue weighted by Gasteiger charge is 2.12. The summed E-state index contributed by atoms with van der Waals surface area (Å²) in [6, 6.07) is 21.8. The molecule has 2 N–H and O–H groups in total. The van der Waals surface area contributed by atoms with E-state index in [2.05, 4.69) is 27.2 Å². The molecule has 0 aliphatic carbocycles. The first-order valence-corrected chi connectivity index (χ1v) is 10.8. The highest BCUT2D eigenvalue weighted by molar-refractivity contribution is 5.64. The second-order valence-corrected chi connectivity index (χ2v) is 7.92. The number of benzene rings is 2. The van der Waals surface area contributed by atoms with Crippen LogP contribution in [0.2, 0.25) is 0 Å². The van der Waals surface area contributed by atoms with Crippen molar-refractivity contribution in [3.8, 4) is 11.3 Å². The lowest BCUT2D eigenvalue weighted by molar-refractivity contribution is 0.281. The first-order valence-electron chi connectivity index (χ1n) is 10.8. The van der Waals surface area contributed by atoms with Crippen molar-refractivity contribution in [2.24, 2.45) is 0 Å². The number of aliphatic hydroxyl groups is 1. The number of nitrogens with zero attached hydrogens (tertiary/aromatic N) is 4. The van der Waals surface area contributed by atoms with Gasteiger partial charge in [0.15, 0.2) is 0 Å². The van der Waals surface area contributed by atoms with Gasteiger partial charge in [-0.25, -0.2) is 14.4 Å². The number of aliphatic hydroxyl groups excluding tert-OH is 1. The van der Waals surface area contributed by atoms with E-state index in [4.69, 9.17) is 0 Å². The number of anilines is 3. The molecule has 0 fully saturated rings. The van der Waals surface area contributed by atoms with Crippen molar-refractivity contribution < 1.29 is 9.50 Å². The molecule has 0 bridgehead atoms. The number of nitrogens with one attached hydrogen (secondary N) is 1. The largest absolute Gasteiger partial charge is 0.392 e. The second-order valence-electron chi connectivity index (χ2n) is 7.92. The smallest absolute Gasteiger partial charge is 0.224 e. The predicted molar refractivity (Wildman–Crippen MR) is 129 cm³/mol. The van der Waals surface area contributed by atoms with Crippen molar-refractivity contribution in [3.63, 3.8) is 0 Å². The summed E-state index contributed by atoms with van der Waals surface area (Å²) in [6.07, 6.45) is 2.48. The van der Waals surface area contributed by atoms with Crippen LogP contribution in [0.1, 0.15) is 18.1 Å². The van der Waals surface area contributed by atoms with Gasteiger partial charge in [-0.05, 0) is 54.8 Å². The Hall–Kier alpha value is -3.84. The lowest BCUT2D eigenvalue weighted by Gasteiger charge is -2.20. The zero-order valence-electron chi connectivity index (χ0n) is 18.6. The molecule has 0 amide bonds. The van der Waals surface area contributed by atoms with E-state index >= 15 is 0 Å². The van der Waals surface area contributed by atoms with Crippen LogP contribution < -0.4 is 10.2 Å². The Kier molecular flexibility index (Phi) is 6.90. The summed E-state index contributed by atoms with van der Waals surface area (Å²) >= 11 is 0. The van der Waals surface area contributed by atoms with Crippen molar-refractivity contribution in [2.75, 3.05) is 17.3 Å². The number of rotatable bonds is 8. The standard InChI is InChI=1S/C26H26FN5O/c1-18(14-19-6-3-7-20(15-19)17-33)29-26-28-13-12-25(31-26)32(2)24-11-5-10-23(30-24)21-8-4-9-22(27)16-21/h3-13,15-16,18,33H,14,17H2,1-2H3,(H,28,29,31). The molecule has 1 atom stereocenters. The first kappa shape index (κ1) is 22.4. The summed E-state index contributed by atoms with van der Waals surface area (Å²) in [5.41, 5.74) is 3.43. The predicted octanol–water partition coefficient (Wildman–Crippen LogP) is 4.98. The van der Waals surface area contributed by atoms with Crippen molar-refractivity contribution in [1.82, 2.24) is 15.0 Å². The van der Waals surface area contributed by atoms with Crippen LogP contribution in [-0.4, -0.2) is 33.1 Å². The number of pyridine rings is 1. The first-order chi connectivity index (χ1) is 16.0. The Balaban J connectivity index is 1.48. The minimum atomic E-state index is -0.295. The van der Waals surface area contributed by atoms with Gasteiger partial charge in [0.1, 0.15) is 17.5 Å². The minimum absolute atomic E-state index is 0.0294. The molecule has 7 heteroatoms. The van der Waals surface area contributed by atoms with Crippen LogP contribution in [0, 0.1) is 5.82 Å². The van der Waals surface area contributed by atoms with Gasteiger partial charge in [-0.2, -0.15) is 4.98 Å². The average Bonchev–Trinajstić information content (AvgIpc) is 2.84. The molecular weight excluding hydrogens is 417 g/mol. The molecule has 6 nitrogen and oxygen atoms in total. The molecule has 0 saturated carbocycles. The minimum Gasteiger partial charge on any atom is -0.392 e. The lowest BCUT2D eigenvalue weighted by atomic mass is 10.0. The Bertz CT molecular complexity index is 1230. The van der Waals surface area contributed by atoms with E-state index < -0.39 is 0 Å². The zero-order chi connectivity index (χ0) is 23.2. The molecule has 0 aliphatic heterocycles. The Labute approximate surface area is 192 Å². The molecule has 0 aliphatic rings.